The van der Waals surface area contributed by atoms with Gasteiger partial charge in [0.05, 0.1) is 17.3 Å². The first-order valence-electron chi connectivity index (χ1n) is 6.24. The van der Waals surface area contributed by atoms with Crippen LogP contribution in [0.1, 0.15) is 17.2 Å². The molecule has 0 unspecified atom stereocenters. The summed E-state index contributed by atoms with van der Waals surface area (Å²) in [4.78, 5) is 2.35. The zero-order chi connectivity index (χ0) is 19.2. The summed E-state index contributed by atoms with van der Waals surface area (Å²) in [5.41, 5.74) is 5.56. The molecule has 2 aromatic rings. The van der Waals surface area contributed by atoms with Gasteiger partial charge in [-0.05, 0) is 17.7 Å². The Bertz CT molecular complexity index is 780. The minimum absolute atomic E-state index is 0.0352. The molecular weight excluding hydrogens is 388 g/mol. The Morgan fingerprint density at radius 2 is 1.64 bits per heavy atom. The molecule has 25 heavy (non-hydrogen) atoms. The lowest BCUT2D eigenvalue weighted by Gasteiger charge is -2.15. The fraction of sp³-hybridized carbons (Fsp3) is 0.333. The molecule has 13 heteroatoms. The van der Waals surface area contributed by atoms with Gasteiger partial charge in [0.25, 0.3) is 0 Å². The van der Waals surface area contributed by atoms with Gasteiger partial charge in [0.15, 0.2) is 0 Å². The Morgan fingerprint density at radius 1 is 1.04 bits per heavy atom. The number of aromatic nitrogens is 3. The van der Waals surface area contributed by atoms with Gasteiger partial charge in [0.2, 0.25) is 11.6 Å². The van der Waals surface area contributed by atoms with Crippen molar-refractivity contribution in [3.63, 3.8) is 0 Å². The van der Waals surface area contributed by atoms with E-state index in [2.05, 4.69) is 10.1 Å². The molecule has 1 aromatic heterocycles. The number of halogens is 9. The van der Waals surface area contributed by atoms with E-state index < -0.39 is 36.5 Å². The molecule has 2 rings (SSSR count). The van der Waals surface area contributed by atoms with Crippen LogP contribution in [0.5, 0.6) is 0 Å². The van der Waals surface area contributed by atoms with Crippen LogP contribution in [-0.4, -0.2) is 20.9 Å². The Labute approximate surface area is 139 Å². The number of nitrogens with zero attached hydrogens (tertiary/aromatic N) is 3. The van der Waals surface area contributed by atoms with E-state index in [1.54, 1.807) is 0 Å². The van der Waals surface area contributed by atoms with Gasteiger partial charge in [-0.3, -0.25) is 0 Å². The fourth-order valence-electron chi connectivity index (χ4n) is 1.76. The number of rotatable bonds is 3. The van der Waals surface area contributed by atoms with Gasteiger partial charge >= 0.3 is 18.3 Å². The number of nitrogens with two attached hydrogens (primary N) is 1. The van der Waals surface area contributed by atoms with Crippen molar-refractivity contribution in [2.75, 3.05) is 5.73 Å². The molecule has 1 heterocycles. The smallest absolute Gasteiger partial charge is 0.398 e. The highest BCUT2D eigenvalue weighted by Gasteiger charge is 2.62. The van der Waals surface area contributed by atoms with Crippen LogP contribution >= 0.6 is 11.6 Å². The molecule has 1 aromatic carbocycles. The highest BCUT2D eigenvalue weighted by Crippen LogP contribution is 2.43. The minimum Gasteiger partial charge on any atom is -0.398 e. The van der Waals surface area contributed by atoms with Crippen molar-refractivity contribution in [2.45, 2.75) is 24.8 Å². The van der Waals surface area contributed by atoms with Crippen molar-refractivity contribution in [3.8, 4) is 0 Å². The number of benzene rings is 1. The van der Waals surface area contributed by atoms with Crippen molar-refractivity contribution in [1.82, 2.24) is 14.8 Å². The van der Waals surface area contributed by atoms with Gasteiger partial charge in [-0.25, -0.2) is 9.67 Å². The van der Waals surface area contributed by atoms with E-state index in [9.17, 15) is 35.1 Å². The molecule has 0 bridgehead atoms. The standard InChI is InChI=1S/C12H7ClF8N4/c13-6-3-5(1-2-7(6)22)4-25-9(11(16,17)18)23-8(24-25)10(14,15)12(19,20)21/h1-3H,4,22H2. The first-order valence-corrected chi connectivity index (χ1v) is 6.62. The first-order chi connectivity index (χ1) is 11.2. The third kappa shape index (κ3) is 3.78. The quantitative estimate of drug-likeness (QED) is 0.626. The minimum atomic E-state index is -6.15. The summed E-state index contributed by atoms with van der Waals surface area (Å²) in [6.07, 6.45) is -11.4. The fourth-order valence-corrected chi connectivity index (χ4v) is 1.97. The second kappa shape index (κ2) is 6.00. The number of hydrogen-bond acceptors (Lipinski definition) is 3. The zero-order valence-electron chi connectivity index (χ0n) is 11.8. The number of alkyl halides is 8. The average Bonchev–Trinajstić information content (AvgIpc) is 2.86. The van der Waals surface area contributed by atoms with Crippen LogP contribution < -0.4 is 5.73 Å². The first kappa shape index (κ1) is 19.2. The molecule has 0 aliphatic carbocycles. The Hall–Kier alpha value is -2.11. The summed E-state index contributed by atoms with van der Waals surface area (Å²) in [6, 6.07) is 3.57. The van der Waals surface area contributed by atoms with E-state index >= 15 is 0 Å². The normalized spacial score (nSPS) is 13.3. The van der Waals surface area contributed by atoms with Gasteiger partial charge < -0.3 is 5.73 Å². The topological polar surface area (TPSA) is 56.7 Å². The molecule has 0 fully saturated rings. The predicted octanol–water partition coefficient (Wildman–Crippen LogP) is 4.23. The SMILES string of the molecule is Nc1ccc(Cn2nc(C(F)(F)C(F)(F)F)nc2C(F)(F)F)cc1Cl. The summed E-state index contributed by atoms with van der Waals surface area (Å²) in [7, 11) is 0. The largest absolute Gasteiger partial charge is 0.461 e. The predicted molar refractivity (Wildman–Crippen MR) is 69.9 cm³/mol. The molecular formula is C12H7ClF8N4. The number of anilines is 1. The van der Waals surface area contributed by atoms with Crippen molar-refractivity contribution < 1.29 is 35.1 Å². The van der Waals surface area contributed by atoms with Gasteiger partial charge in [-0.1, -0.05) is 17.7 Å². The average molecular weight is 395 g/mol. The zero-order valence-corrected chi connectivity index (χ0v) is 12.5. The summed E-state index contributed by atoms with van der Waals surface area (Å²) in [6.45, 7) is -0.796. The van der Waals surface area contributed by atoms with E-state index in [-0.39, 0.29) is 21.0 Å². The molecule has 2 N–H and O–H groups in total. The third-order valence-electron chi connectivity index (χ3n) is 2.96. The Morgan fingerprint density at radius 3 is 2.12 bits per heavy atom. The van der Waals surface area contributed by atoms with Crippen LogP contribution in [0.2, 0.25) is 5.02 Å². The second-order valence-electron chi connectivity index (χ2n) is 4.84. The van der Waals surface area contributed by atoms with E-state index in [0.717, 1.165) is 6.07 Å². The van der Waals surface area contributed by atoms with E-state index in [4.69, 9.17) is 17.3 Å². The number of nitrogen functional groups attached to an aromatic ring is 1. The molecule has 0 atom stereocenters. The third-order valence-corrected chi connectivity index (χ3v) is 3.29. The van der Waals surface area contributed by atoms with Crippen molar-refractivity contribution in [1.29, 1.82) is 0 Å². The summed E-state index contributed by atoms with van der Waals surface area (Å²) < 4.78 is 102. The van der Waals surface area contributed by atoms with Gasteiger partial charge in [0, 0.05) is 0 Å². The van der Waals surface area contributed by atoms with Crippen LogP contribution in [0.4, 0.5) is 40.8 Å². The van der Waals surface area contributed by atoms with Crippen molar-refractivity contribution in [3.05, 3.63) is 40.4 Å². The van der Waals surface area contributed by atoms with E-state index in [0.29, 0.717) is 0 Å². The highest BCUT2D eigenvalue weighted by atomic mass is 35.5. The highest BCUT2D eigenvalue weighted by molar-refractivity contribution is 6.33. The number of hydrogen-bond donors (Lipinski definition) is 1. The molecule has 0 aliphatic heterocycles. The Balaban J connectivity index is 2.51. The molecule has 0 radical (unpaired) electrons. The maximum Gasteiger partial charge on any atom is 0.461 e. The lowest BCUT2D eigenvalue weighted by atomic mass is 10.2. The molecule has 0 saturated heterocycles. The lowest BCUT2D eigenvalue weighted by molar-refractivity contribution is -0.292. The molecule has 0 aliphatic rings. The molecule has 4 nitrogen and oxygen atoms in total. The summed E-state index contributed by atoms with van der Waals surface area (Å²) >= 11 is 5.69. The van der Waals surface area contributed by atoms with E-state index in [1.807, 2.05) is 0 Å². The maximum absolute atomic E-state index is 13.2. The van der Waals surface area contributed by atoms with Crippen molar-refractivity contribution >= 4 is 17.3 Å². The van der Waals surface area contributed by atoms with Crippen LogP contribution in [0, 0.1) is 0 Å². The molecule has 0 amide bonds. The van der Waals surface area contributed by atoms with Crippen LogP contribution in [0.3, 0.4) is 0 Å². The lowest BCUT2D eigenvalue weighted by Crippen LogP contribution is -2.35. The molecule has 0 spiro atoms. The van der Waals surface area contributed by atoms with Gasteiger partial charge in [-0.15, -0.1) is 5.10 Å². The summed E-state index contributed by atoms with van der Waals surface area (Å²) in [5.74, 6) is -9.94. The van der Waals surface area contributed by atoms with Crippen LogP contribution in [0.15, 0.2) is 18.2 Å². The second-order valence-corrected chi connectivity index (χ2v) is 5.25. The monoisotopic (exact) mass is 394 g/mol. The van der Waals surface area contributed by atoms with Crippen molar-refractivity contribution in [2.24, 2.45) is 0 Å². The van der Waals surface area contributed by atoms with E-state index in [1.165, 1.54) is 12.1 Å². The van der Waals surface area contributed by atoms with Gasteiger partial charge in [-0.2, -0.15) is 35.1 Å². The van der Waals surface area contributed by atoms with Crippen LogP contribution in [0.25, 0.3) is 0 Å². The maximum atomic E-state index is 13.2. The Kier molecular flexibility index (Phi) is 4.61. The summed E-state index contributed by atoms with van der Waals surface area (Å²) in [5, 5.41) is 2.67. The van der Waals surface area contributed by atoms with Crippen LogP contribution in [-0.2, 0) is 18.6 Å². The molecule has 0 saturated carbocycles. The molecule has 138 valence electrons. The van der Waals surface area contributed by atoms with Gasteiger partial charge in [0.1, 0.15) is 0 Å².